The molecule has 3 aromatic carbocycles. The van der Waals surface area contributed by atoms with Crippen molar-refractivity contribution in [3.05, 3.63) is 93.7 Å². The second kappa shape index (κ2) is 8.85. The third kappa shape index (κ3) is 4.59. The number of rotatable bonds is 2. The molecular weight excluding hydrogens is 442 g/mol. The van der Waals surface area contributed by atoms with Gasteiger partial charge in [-0.15, -0.1) is 0 Å². The third-order valence-corrected chi connectivity index (χ3v) is 4.95. The second-order valence-electron chi connectivity index (χ2n) is 6.59. The van der Waals surface area contributed by atoms with Gasteiger partial charge < -0.3 is 5.32 Å². The van der Waals surface area contributed by atoms with Crippen molar-refractivity contribution in [2.24, 2.45) is 9.98 Å². The van der Waals surface area contributed by atoms with Crippen LogP contribution in [0.1, 0.15) is 11.1 Å². The number of amidine groups is 1. The van der Waals surface area contributed by atoms with Crippen molar-refractivity contribution < 1.29 is 14.4 Å². The second-order valence-corrected chi connectivity index (χ2v) is 7.46. The minimum atomic E-state index is -0.846. The summed E-state index contributed by atoms with van der Waals surface area (Å²) in [5, 5.41) is 14.2. The number of fused-ring (bicyclic) bond motifs is 1. The molecule has 0 aliphatic carbocycles. The number of halogens is 3. The lowest BCUT2D eigenvalue weighted by Crippen LogP contribution is -2.38. The fraction of sp³-hybridized carbons (Fsp3) is 0.0455. The molecule has 0 spiro atoms. The summed E-state index contributed by atoms with van der Waals surface area (Å²) in [5.41, 5.74) is 1.84. The van der Waals surface area contributed by atoms with Crippen LogP contribution in [0.3, 0.4) is 0 Å². The standard InChI is InChI=1S/C22H15Cl2FN4O2/c23-13-4-3-5-15(10-13)27-22(30)29(31)20-12-26-21(16-6-1-2-7-18(16)25)17-11-14(24)8-9-19(17)28-20/h1-11,31H,12H2,(H,27,30). The van der Waals surface area contributed by atoms with E-state index in [9.17, 15) is 14.4 Å². The van der Waals surface area contributed by atoms with Crippen molar-refractivity contribution in [2.75, 3.05) is 11.9 Å². The Kier molecular flexibility index (Phi) is 5.99. The van der Waals surface area contributed by atoms with Crippen molar-refractivity contribution in [1.82, 2.24) is 5.06 Å². The van der Waals surface area contributed by atoms with Crippen LogP contribution in [0.5, 0.6) is 0 Å². The lowest BCUT2D eigenvalue weighted by Gasteiger charge is -2.16. The fourth-order valence-electron chi connectivity index (χ4n) is 3.06. The molecule has 1 heterocycles. The van der Waals surface area contributed by atoms with Crippen LogP contribution in [0.2, 0.25) is 10.0 Å². The summed E-state index contributed by atoms with van der Waals surface area (Å²) in [6.07, 6.45) is 0. The van der Waals surface area contributed by atoms with Crippen LogP contribution in [0.4, 0.5) is 20.6 Å². The van der Waals surface area contributed by atoms with Gasteiger partial charge in [0.05, 0.1) is 11.4 Å². The van der Waals surface area contributed by atoms with Crippen molar-refractivity contribution >= 4 is 52.2 Å². The Bertz CT molecular complexity index is 1230. The van der Waals surface area contributed by atoms with Gasteiger partial charge in [-0.25, -0.2) is 14.2 Å². The molecule has 31 heavy (non-hydrogen) atoms. The molecule has 6 nitrogen and oxygen atoms in total. The molecule has 0 saturated heterocycles. The van der Waals surface area contributed by atoms with E-state index in [0.717, 1.165) is 0 Å². The number of carbonyl (C=O) groups excluding carboxylic acids is 1. The summed E-state index contributed by atoms with van der Waals surface area (Å²) < 4.78 is 14.5. The van der Waals surface area contributed by atoms with Gasteiger partial charge in [-0.1, -0.05) is 41.4 Å². The SMILES string of the molecule is O=C(Nc1cccc(Cl)c1)N(O)C1=Nc2ccc(Cl)cc2C(c2ccccc2F)=NC1. The van der Waals surface area contributed by atoms with Crippen LogP contribution < -0.4 is 5.32 Å². The van der Waals surface area contributed by atoms with E-state index in [2.05, 4.69) is 15.3 Å². The van der Waals surface area contributed by atoms with E-state index in [1.54, 1.807) is 54.6 Å². The molecule has 156 valence electrons. The molecule has 0 radical (unpaired) electrons. The van der Waals surface area contributed by atoms with Crippen molar-refractivity contribution in [2.45, 2.75) is 0 Å². The van der Waals surface area contributed by atoms with E-state index in [1.807, 2.05) is 0 Å². The van der Waals surface area contributed by atoms with Gasteiger partial charge in [0.2, 0.25) is 0 Å². The number of benzene rings is 3. The van der Waals surface area contributed by atoms with Crippen LogP contribution in [0, 0.1) is 5.82 Å². The number of aliphatic imine (C=N–C) groups is 2. The monoisotopic (exact) mass is 456 g/mol. The molecule has 0 unspecified atom stereocenters. The first kappa shape index (κ1) is 21.0. The van der Waals surface area contributed by atoms with Crippen molar-refractivity contribution in [3.8, 4) is 0 Å². The first-order chi connectivity index (χ1) is 14.9. The molecule has 9 heteroatoms. The minimum Gasteiger partial charge on any atom is -0.306 e. The number of anilines is 1. The molecule has 3 aromatic rings. The highest BCUT2D eigenvalue weighted by Gasteiger charge is 2.24. The average molecular weight is 457 g/mol. The van der Waals surface area contributed by atoms with Gasteiger partial charge in [0, 0.05) is 26.9 Å². The van der Waals surface area contributed by atoms with Gasteiger partial charge in [-0.05, 0) is 48.5 Å². The topological polar surface area (TPSA) is 77.3 Å². The van der Waals surface area contributed by atoms with Crippen molar-refractivity contribution in [3.63, 3.8) is 0 Å². The zero-order valence-corrected chi connectivity index (χ0v) is 17.4. The van der Waals surface area contributed by atoms with E-state index in [-0.39, 0.29) is 17.9 Å². The van der Waals surface area contributed by atoms with Gasteiger partial charge in [0.25, 0.3) is 0 Å². The van der Waals surface area contributed by atoms with E-state index in [0.29, 0.717) is 37.8 Å². The predicted octanol–water partition coefficient (Wildman–Crippen LogP) is 5.94. The third-order valence-electron chi connectivity index (χ3n) is 4.48. The minimum absolute atomic E-state index is 0.0468. The molecule has 0 fully saturated rings. The first-order valence-electron chi connectivity index (χ1n) is 9.15. The molecule has 1 aliphatic heterocycles. The maximum Gasteiger partial charge on any atom is 0.351 e. The number of hydrogen-bond donors (Lipinski definition) is 2. The van der Waals surface area contributed by atoms with Gasteiger partial charge in [-0.3, -0.25) is 10.2 Å². The number of amides is 2. The smallest absolute Gasteiger partial charge is 0.306 e. The van der Waals surface area contributed by atoms with E-state index in [1.165, 1.54) is 12.1 Å². The zero-order chi connectivity index (χ0) is 22.0. The summed E-state index contributed by atoms with van der Waals surface area (Å²) >= 11 is 12.1. The van der Waals surface area contributed by atoms with Crippen LogP contribution in [0.25, 0.3) is 0 Å². The largest absolute Gasteiger partial charge is 0.351 e. The van der Waals surface area contributed by atoms with Gasteiger partial charge >= 0.3 is 6.03 Å². The van der Waals surface area contributed by atoms with Gasteiger partial charge in [-0.2, -0.15) is 5.06 Å². The summed E-state index contributed by atoms with van der Waals surface area (Å²) in [7, 11) is 0. The number of carbonyl (C=O) groups is 1. The maximum atomic E-state index is 14.5. The normalized spacial score (nSPS) is 12.9. The Morgan fingerprint density at radius 3 is 2.55 bits per heavy atom. The molecule has 0 aromatic heterocycles. The molecule has 2 amide bonds. The number of nitrogens with zero attached hydrogens (tertiary/aromatic N) is 3. The van der Waals surface area contributed by atoms with Gasteiger partial charge in [0.15, 0.2) is 5.84 Å². The number of nitrogens with one attached hydrogen (secondary N) is 1. The van der Waals surface area contributed by atoms with Gasteiger partial charge in [0.1, 0.15) is 12.4 Å². The summed E-state index contributed by atoms with van der Waals surface area (Å²) in [6, 6.07) is 16.6. The van der Waals surface area contributed by atoms with E-state index >= 15 is 0 Å². The Morgan fingerprint density at radius 1 is 1.00 bits per heavy atom. The van der Waals surface area contributed by atoms with E-state index < -0.39 is 11.8 Å². The van der Waals surface area contributed by atoms with Crippen LogP contribution in [-0.4, -0.2) is 34.4 Å². The van der Waals surface area contributed by atoms with Crippen LogP contribution in [-0.2, 0) is 0 Å². The lowest BCUT2D eigenvalue weighted by molar-refractivity contribution is 0.0321. The highest BCUT2D eigenvalue weighted by atomic mass is 35.5. The Hall–Kier alpha value is -3.26. The number of urea groups is 1. The molecule has 0 atom stereocenters. The molecule has 1 aliphatic rings. The van der Waals surface area contributed by atoms with E-state index in [4.69, 9.17) is 23.2 Å². The number of hydrogen-bond acceptors (Lipinski definition) is 4. The summed E-state index contributed by atoms with van der Waals surface area (Å²) in [4.78, 5) is 21.3. The number of hydroxylamine groups is 2. The lowest BCUT2D eigenvalue weighted by atomic mass is 10.0. The van der Waals surface area contributed by atoms with Crippen LogP contribution in [0.15, 0.2) is 76.7 Å². The quantitative estimate of drug-likeness (QED) is 0.369. The zero-order valence-electron chi connectivity index (χ0n) is 15.9. The maximum absolute atomic E-state index is 14.5. The Morgan fingerprint density at radius 2 is 1.77 bits per heavy atom. The van der Waals surface area contributed by atoms with Crippen molar-refractivity contribution in [1.29, 1.82) is 0 Å². The first-order valence-corrected chi connectivity index (χ1v) is 9.90. The molecule has 0 saturated carbocycles. The molecule has 2 N–H and O–H groups in total. The Balaban J connectivity index is 1.69. The summed E-state index contributed by atoms with van der Waals surface area (Å²) in [6.45, 7) is -0.171. The highest BCUT2D eigenvalue weighted by Crippen LogP contribution is 2.29. The predicted molar refractivity (Wildman–Crippen MR) is 120 cm³/mol. The van der Waals surface area contributed by atoms with Crippen LogP contribution >= 0.6 is 23.2 Å². The molecule has 0 bridgehead atoms. The molecule has 4 rings (SSSR count). The average Bonchev–Trinajstić information content (AvgIpc) is 2.93. The Labute approximate surface area is 187 Å². The highest BCUT2D eigenvalue weighted by molar-refractivity contribution is 6.32. The molecular formula is C22H15Cl2FN4O2. The summed E-state index contributed by atoms with van der Waals surface area (Å²) in [5.74, 6) is -0.510. The fourth-order valence-corrected chi connectivity index (χ4v) is 3.42.